The van der Waals surface area contributed by atoms with Gasteiger partial charge in [0.15, 0.2) is 5.76 Å². The second-order valence-electron chi connectivity index (χ2n) is 6.96. The van der Waals surface area contributed by atoms with E-state index >= 15 is 0 Å². The Balaban J connectivity index is 1.63. The van der Waals surface area contributed by atoms with Gasteiger partial charge in [0.1, 0.15) is 5.58 Å². The molecule has 0 aliphatic carbocycles. The van der Waals surface area contributed by atoms with Gasteiger partial charge in [-0.05, 0) is 57.7 Å². The molecule has 1 aliphatic heterocycles. The van der Waals surface area contributed by atoms with Crippen LogP contribution in [-0.2, 0) is 4.74 Å². The first-order chi connectivity index (χ1) is 12.5. The average molecular weight is 358 g/mol. The maximum absolute atomic E-state index is 12.6. The van der Waals surface area contributed by atoms with Crippen LogP contribution in [0, 0.1) is 12.8 Å². The van der Waals surface area contributed by atoms with Crippen molar-refractivity contribution in [3.05, 3.63) is 35.6 Å². The van der Waals surface area contributed by atoms with Crippen molar-refractivity contribution >= 4 is 23.0 Å². The summed E-state index contributed by atoms with van der Waals surface area (Å²) in [5.41, 5.74) is 1.83. The van der Waals surface area contributed by atoms with Crippen LogP contribution in [0.1, 0.15) is 42.8 Å². The molecule has 1 aliphatic rings. The largest absolute Gasteiger partial charge is 0.451 e. The van der Waals surface area contributed by atoms with Crippen LogP contribution in [0.3, 0.4) is 0 Å². The van der Waals surface area contributed by atoms with E-state index in [2.05, 4.69) is 5.32 Å². The molecule has 1 aromatic carbocycles. The van der Waals surface area contributed by atoms with E-state index in [9.17, 15) is 9.59 Å². The third kappa shape index (κ3) is 4.00. The van der Waals surface area contributed by atoms with Crippen molar-refractivity contribution < 1.29 is 18.7 Å². The fourth-order valence-electron chi connectivity index (χ4n) is 3.47. The lowest BCUT2D eigenvalue weighted by molar-refractivity contribution is 0.0779. The molecule has 26 heavy (non-hydrogen) atoms. The number of carbonyl (C=O) groups is 2. The number of benzene rings is 1. The molecule has 2 heterocycles. The van der Waals surface area contributed by atoms with Crippen molar-refractivity contribution in [2.24, 2.45) is 5.92 Å². The zero-order valence-corrected chi connectivity index (χ0v) is 15.6. The first-order valence-corrected chi connectivity index (χ1v) is 9.20. The number of amides is 2. The molecular weight excluding hydrogens is 332 g/mol. The summed E-state index contributed by atoms with van der Waals surface area (Å²) in [7, 11) is 0. The van der Waals surface area contributed by atoms with Gasteiger partial charge in [-0.3, -0.25) is 4.79 Å². The van der Waals surface area contributed by atoms with E-state index in [0.29, 0.717) is 31.0 Å². The van der Waals surface area contributed by atoms with Crippen molar-refractivity contribution in [3.8, 4) is 0 Å². The highest BCUT2D eigenvalue weighted by Crippen LogP contribution is 2.23. The number of furan rings is 1. The van der Waals surface area contributed by atoms with Crippen molar-refractivity contribution in [1.82, 2.24) is 10.2 Å². The Morgan fingerprint density at radius 1 is 1.38 bits per heavy atom. The first kappa shape index (κ1) is 18.3. The summed E-state index contributed by atoms with van der Waals surface area (Å²) in [5, 5.41) is 3.95. The van der Waals surface area contributed by atoms with E-state index in [-0.39, 0.29) is 24.0 Å². The SMILES string of the molecule is CCOC(=O)N1CCCC(C(C)NC(=O)c2cc3cc(C)ccc3o2)C1. The maximum Gasteiger partial charge on any atom is 0.409 e. The van der Waals surface area contributed by atoms with Gasteiger partial charge in [-0.2, -0.15) is 0 Å². The molecule has 6 nitrogen and oxygen atoms in total. The second-order valence-corrected chi connectivity index (χ2v) is 6.96. The minimum Gasteiger partial charge on any atom is -0.451 e. The Kier molecular flexibility index (Phi) is 5.49. The summed E-state index contributed by atoms with van der Waals surface area (Å²) in [6, 6.07) is 7.55. The molecule has 0 spiro atoms. The van der Waals surface area contributed by atoms with Crippen LogP contribution >= 0.6 is 0 Å². The molecule has 0 radical (unpaired) electrons. The van der Waals surface area contributed by atoms with E-state index in [1.807, 2.05) is 32.0 Å². The number of likely N-dealkylation sites (tertiary alicyclic amines) is 1. The molecule has 2 aromatic rings. The molecule has 2 amide bonds. The Labute approximate surface area is 153 Å². The number of aryl methyl sites for hydroxylation is 1. The predicted molar refractivity (Wildman–Crippen MR) is 99.2 cm³/mol. The molecular formula is C20H26N2O4. The molecule has 1 aromatic heterocycles. The highest BCUT2D eigenvalue weighted by molar-refractivity contribution is 5.96. The summed E-state index contributed by atoms with van der Waals surface area (Å²) < 4.78 is 10.8. The van der Waals surface area contributed by atoms with Crippen LogP contribution in [0.4, 0.5) is 4.79 Å². The van der Waals surface area contributed by atoms with E-state index in [1.165, 1.54) is 0 Å². The van der Waals surface area contributed by atoms with Crippen LogP contribution in [0.15, 0.2) is 28.7 Å². The molecule has 2 unspecified atom stereocenters. The third-order valence-electron chi connectivity index (χ3n) is 4.95. The summed E-state index contributed by atoms with van der Waals surface area (Å²) >= 11 is 0. The average Bonchev–Trinajstić information content (AvgIpc) is 3.05. The summed E-state index contributed by atoms with van der Waals surface area (Å²) in [6.45, 7) is 7.46. The Hall–Kier alpha value is -2.50. The summed E-state index contributed by atoms with van der Waals surface area (Å²) in [4.78, 5) is 26.2. The third-order valence-corrected chi connectivity index (χ3v) is 4.95. The van der Waals surface area contributed by atoms with E-state index in [0.717, 1.165) is 23.8 Å². The number of rotatable bonds is 4. The van der Waals surface area contributed by atoms with Crippen LogP contribution in [0.25, 0.3) is 11.0 Å². The lowest BCUT2D eigenvalue weighted by atomic mass is 9.91. The molecule has 140 valence electrons. The van der Waals surface area contributed by atoms with Gasteiger partial charge in [-0.1, -0.05) is 11.6 Å². The number of carbonyl (C=O) groups excluding carboxylic acids is 2. The van der Waals surface area contributed by atoms with Gasteiger partial charge >= 0.3 is 6.09 Å². The Morgan fingerprint density at radius 2 is 2.19 bits per heavy atom. The first-order valence-electron chi connectivity index (χ1n) is 9.20. The van der Waals surface area contributed by atoms with E-state index in [1.54, 1.807) is 17.9 Å². The van der Waals surface area contributed by atoms with Gasteiger partial charge < -0.3 is 19.4 Å². The number of hydrogen-bond donors (Lipinski definition) is 1. The van der Waals surface area contributed by atoms with Crippen molar-refractivity contribution in [1.29, 1.82) is 0 Å². The number of hydrogen-bond acceptors (Lipinski definition) is 4. The predicted octanol–water partition coefficient (Wildman–Crippen LogP) is 3.73. The summed E-state index contributed by atoms with van der Waals surface area (Å²) in [6.07, 6.45) is 1.60. The zero-order valence-electron chi connectivity index (χ0n) is 15.6. The monoisotopic (exact) mass is 358 g/mol. The molecule has 2 atom stereocenters. The van der Waals surface area contributed by atoms with Gasteiger partial charge in [0.05, 0.1) is 6.61 Å². The number of nitrogens with zero attached hydrogens (tertiary/aromatic N) is 1. The van der Waals surface area contributed by atoms with Crippen LogP contribution < -0.4 is 5.32 Å². The zero-order chi connectivity index (χ0) is 18.7. The fraction of sp³-hybridized carbons (Fsp3) is 0.500. The van der Waals surface area contributed by atoms with Crippen LogP contribution in [-0.4, -0.2) is 42.6 Å². The van der Waals surface area contributed by atoms with Crippen molar-refractivity contribution in [2.45, 2.75) is 39.7 Å². The standard InChI is InChI=1S/C20H26N2O4/c1-4-25-20(24)22-9-5-6-15(12-22)14(3)21-19(23)18-11-16-10-13(2)7-8-17(16)26-18/h7-8,10-11,14-15H,4-6,9,12H2,1-3H3,(H,21,23). The number of ether oxygens (including phenoxy) is 1. The minimum absolute atomic E-state index is 0.0605. The van der Waals surface area contributed by atoms with Gasteiger partial charge in [0.25, 0.3) is 5.91 Å². The second kappa shape index (κ2) is 7.81. The Morgan fingerprint density at radius 3 is 2.96 bits per heavy atom. The fourth-order valence-corrected chi connectivity index (χ4v) is 3.47. The smallest absolute Gasteiger partial charge is 0.409 e. The Bertz CT molecular complexity index is 798. The molecule has 1 fully saturated rings. The quantitative estimate of drug-likeness (QED) is 0.904. The van der Waals surface area contributed by atoms with Crippen molar-refractivity contribution in [2.75, 3.05) is 19.7 Å². The number of nitrogens with one attached hydrogen (secondary N) is 1. The van der Waals surface area contributed by atoms with Gasteiger partial charge in [-0.25, -0.2) is 4.79 Å². The van der Waals surface area contributed by atoms with Gasteiger partial charge in [-0.15, -0.1) is 0 Å². The minimum atomic E-state index is -0.275. The number of fused-ring (bicyclic) bond motifs is 1. The molecule has 1 N–H and O–H groups in total. The molecule has 0 bridgehead atoms. The van der Waals surface area contributed by atoms with Gasteiger partial charge in [0.2, 0.25) is 0 Å². The maximum atomic E-state index is 12.6. The topological polar surface area (TPSA) is 71.8 Å². The highest BCUT2D eigenvalue weighted by Gasteiger charge is 2.29. The normalized spacial score (nSPS) is 18.6. The number of piperidine rings is 1. The van der Waals surface area contributed by atoms with E-state index in [4.69, 9.17) is 9.15 Å². The van der Waals surface area contributed by atoms with Gasteiger partial charge in [0, 0.05) is 24.5 Å². The van der Waals surface area contributed by atoms with Crippen LogP contribution in [0.5, 0.6) is 0 Å². The molecule has 3 rings (SSSR count). The molecule has 6 heteroatoms. The van der Waals surface area contributed by atoms with E-state index < -0.39 is 0 Å². The highest BCUT2D eigenvalue weighted by atomic mass is 16.6. The lowest BCUT2D eigenvalue weighted by Gasteiger charge is -2.35. The molecule has 0 saturated carbocycles. The molecule has 1 saturated heterocycles. The lowest BCUT2D eigenvalue weighted by Crippen LogP contribution is -2.48. The van der Waals surface area contributed by atoms with Crippen LogP contribution in [0.2, 0.25) is 0 Å². The summed E-state index contributed by atoms with van der Waals surface area (Å²) in [5.74, 6) is 0.291. The van der Waals surface area contributed by atoms with Crippen molar-refractivity contribution in [3.63, 3.8) is 0 Å².